The number of carboxylic acid groups (broad SMARTS) is 1. The molecule has 3 nitrogen and oxygen atoms in total. The van der Waals surface area contributed by atoms with Gasteiger partial charge < -0.3 is 14.8 Å². The van der Waals surface area contributed by atoms with Crippen LogP contribution in [0, 0.1) is 0 Å². The molecule has 0 bridgehead atoms. The molecule has 0 saturated heterocycles. The molecule has 0 aliphatic heterocycles. The summed E-state index contributed by atoms with van der Waals surface area (Å²) < 4.78 is 0. The summed E-state index contributed by atoms with van der Waals surface area (Å²) in [5.41, 5.74) is 0. The number of aliphatic carboxylic acids is 1. The van der Waals surface area contributed by atoms with Crippen molar-refractivity contribution in [2.45, 2.75) is 129 Å². The first-order valence-corrected chi connectivity index (χ1v) is 12.1. The van der Waals surface area contributed by atoms with Crippen LogP contribution in [0.25, 0.3) is 0 Å². The maximum Gasteiger partial charge on any atom is 1.00 e. The van der Waals surface area contributed by atoms with E-state index >= 15 is 0 Å². The van der Waals surface area contributed by atoms with E-state index in [9.17, 15) is 9.90 Å². The molecule has 0 aliphatic carbocycles. The third kappa shape index (κ3) is 24.5. The van der Waals surface area contributed by atoms with E-state index in [1.165, 1.54) is 103 Å². The summed E-state index contributed by atoms with van der Waals surface area (Å²) in [6.45, 7) is 8.14. The molecule has 0 aromatic carbocycles. The number of nitrogens with zero attached hydrogens (tertiary/aromatic N) is 1. The molecule has 0 amide bonds. The van der Waals surface area contributed by atoms with E-state index in [0.29, 0.717) is 0 Å². The minimum absolute atomic E-state index is 0. The molecule has 0 N–H and O–H groups in total. The zero-order valence-corrected chi connectivity index (χ0v) is 21.6. The molecule has 4 heteroatoms. The fourth-order valence-corrected chi connectivity index (χ4v) is 3.70. The maximum absolute atomic E-state index is 10.5. The Morgan fingerprint density at radius 3 is 1.25 bits per heavy atom. The second-order valence-electron chi connectivity index (χ2n) is 8.27. The standard InChI is InChI=1S/C24H49NO2.Na/c1-3-5-7-9-11-13-17-21-25(23-19-15-16-20-24(26)27)22-18-14-12-10-8-6-4-2;/h3-23H2,1-2H3,(H,26,27);/q;+1/p-1. The summed E-state index contributed by atoms with van der Waals surface area (Å²) >= 11 is 0. The molecule has 0 unspecified atom stereocenters. The van der Waals surface area contributed by atoms with E-state index < -0.39 is 5.97 Å². The first-order chi connectivity index (χ1) is 13.2. The van der Waals surface area contributed by atoms with Gasteiger partial charge in [0, 0.05) is 5.97 Å². The molecule has 0 fully saturated rings. The number of unbranched alkanes of at least 4 members (excludes halogenated alkanes) is 14. The van der Waals surface area contributed by atoms with Gasteiger partial charge in [0.15, 0.2) is 0 Å². The molecule has 0 aromatic heterocycles. The minimum Gasteiger partial charge on any atom is -0.550 e. The van der Waals surface area contributed by atoms with Gasteiger partial charge in [0.2, 0.25) is 0 Å². The Balaban J connectivity index is 0. The fraction of sp³-hybridized carbons (Fsp3) is 0.958. The van der Waals surface area contributed by atoms with Gasteiger partial charge >= 0.3 is 29.6 Å². The Hall–Kier alpha value is 0.430. The van der Waals surface area contributed by atoms with E-state index in [0.717, 1.165) is 25.8 Å². The van der Waals surface area contributed by atoms with E-state index in [1.807, 2.05) is 0 Å². The molecular formula is C24H48NNaO2. The predicted octanol–water partition coefficient (Wildman–Crippen LogP) is 3.10. The number of hydrogen-bond acceptors (Lipinski definition) is 3. The number of carboxylic acids is 1. The third-order valence-corrected chi connectivity index (χ3v) is 5.51. The Labute approximate surface area is 198 Å². The van der Waals surface area contributed by atoms with Crippen LogP contribution in [0.3, 0.4) is 0 Å². The first-order valence-electron chi connectivity index (χ1n) is 12.1. The first kappa shape index (κ1) is 30.6. The molecule has 0 spiro atoms. The largest absolute Gasteiger partial charge is 1.00 e. The summed E-state index contributed by atoms with van der Waals surface area (Å²) in [6, 6.07) is 0. The summed E-state index contributed by atoms with van der Waals surface area (Å²) in [5.74, 6) is -0.905. The molecule has 162 valence electrons. The van der Waals surface area contributed by atoms with Crippen LogP contribution in [0.15, 0.2) is 0 Å². The molecule has 0 heterocycles. The van der Waals surface area contributed by atoms with Crippen LogP contribution in [0.1, 0.15) is 129 Å². The van der Waals surface area contributed by atoms with Crippen molar-refractivity contribution in [1.29, 1.82) is 0 Å². The van der Waals surface area contributed by atoms with E-state index in [2.05, 4.69) is 18.7 Å². The normalized spacial score (nSPS) is 11.0. The van der Waals surface area contributed by atoms with Crippen molar-refractivity contribution in [2.75, 3.05) is 19.6 Å². The zero-order valence-electron chi connectivity index (χ0n) is 19.6. The zero-order chi connectivity index (χ0) is 20.0. The van der Waals surface area contributed by atoms with Gasteiger partial charge in [-0.15, -0.1) is 0 Å². The van der Waals surface area contributed by atoms with Crippen LogP contribution in [0.4, 0.5) is 0 Å². The number of carbonyl (C=O) groups is 1. The summed E-state index contributed by atoms with van der Waals surface area (Å²) in [6.07, 6.45) is 22.3. The van der Waals surface area contributed by atoms with E-state index in [4.69, 9.17) is 0 Å². The van der Waals surface area contributed by atoms with E-state index in [1.54, 1.807) is 0 Å². The molecule has 0 atom stereocenters. The van der Waals surface area contributed by atoms with Crippen molar-refractivity contribution in [3.05, 3.63) is 0 Å². The molecule has 0 saturated carbocycles. The molecule has 0 aromatic rings. The molecule has 28 heavy (non-hydrogen) atoms. The van der Waals surface area contributed by atoms with Crippen LogP contribution >= 0.6 is 0 Å². The average Bonchev–Trinajstić information content (AvgIpc) is 2.65. The fourth-order valence-electron chi connectivity index (χ4n) is 3.70. The van der Waals surface area contributed by atoms with Gasteiger partial charge in [0.25, 0.3) is 0 Å². The van der Waals surface area contributed by atoms with Crippen molar-refractivity contribution in [2.24, 2.45) is 0 Å². The van der Waals surface area contributed by atoms with Gasteiger partial charge in [-0.25, -0.2) is 0 Å². The Bertz CT molecular complexity index is 295. The van der Waals surface area contributed by atoms with Crippen LogP contribution in [0.2, 0.25) is 0 Å². The van der Waals surface area contributed by atoms with Crippen LogP contribution in [-0.2, 0) is 4.79 Å². The Morgan fingerprint density at radius 1 is 0.571 bits per heavy atom. The maximum atomic E-state index is 10.5. The summed E-state index contributed by atoms with van der Waals surface area (Å²) in [4.78, 5) is 13.1. The van der Waals surface area contributed by atoms with Gasteiger partial charge in [-0.2, -0.15) is 0 Å². The van der Waals surface area contributed by atoms with Crippen LogP contribution < -0.4 is 34.7 Å². The average molecular weight is 406 g/mol. The van der Waals surface area contributed by atoms with E-state index in [-0.39, 0.29) is 36.0 Å². The quantitative estimate of drug-likeness (QED) is 0.205. The summed E-state index contributed by atoms with van der Waals surface area (Å²) in [7, 11) is 0. The monoisotopic (exact) mass is 405 g/mol. The van der Waals surface area contributed by atoms with Gasteiger partial charge in [-0.05, 0) is 51.7 Å². The van der Waals surface area contributed by atoms with Gasteiger partial charge in [-0.1, -0.05) is 97.3 Å². The van der Waals surface area contributed by atoms with Crippen molar-refractivity contribution in [3.63, 3.8) is 0 Å². The number of rotatable bonds is 22. The van der Waals surface area contributed by atoms with Crippen LogP contribution in [-0.4, -0.2) is 30.5 Å². The SMILES string of the molecule is CCCCCCCCCN(CCCCCCCCC)CCCCCC(=O)[O-].[Na+]. The minimum atomic E-state index is -0.905. The molecular weight excluding hydrogens is 357 g/mol. The molecule has 0 radical (unpaired) electrons. The topological polar surface area (TPSA) is 43.4 Å². The smallest absolute Gasteiger partial charge is 0.550 e. The van der Waals surface area contributed by atoms with Gasteiger partial charge in [0.05, 0.1) is 0 Å². The predicted molar refractivity (Wildman–Crippen MR) is 116 cm³/mol. The number of carbonyl (C=O) groups excluding carboxylic acids is 1. The Morgan fingerprint density at radius 2 is 0.893 bits per heavy atom. The van der Waals surface area contributed by atoms with Crippen molar-refractivity contribution in [1.82, 2.24) is 4.90 Å². The molecule has 0 rings (SSSR count). The third-order valence-electron chi connectivity index (χ3n) is 5.51. The van der Waals surface area contributed by atoms with Gasteiger partial charge in [0.1, 0.15) is 0 Å². The van der Waals surface area contributed by atoms with Crippen LogP contribution in [0.5, 0.6) is 0 Å². The van der Waals surface area contributed by atoms with Crippen molar-refractivity contribution < 1.29 is 39.5 Å². The van der Waals surface area contributed by atoms with Crippen molar-refractivity contribution in [3.8, 4) is 0 Å². The Kier molecular flexibility index (Phi) is 27.9. The second kappa shape index (κ2) is 25.5. The summed E-state index contributed by atoms with van der Waals surface area (Å²) in [5, 5.41) is 10.5. The van der Waals surface area contributed by atoms with Crippen molar-refractivity contribution >= 4 is 5.97 Å². The van der Waals surface area contributed by atoms with Gasteiger partial charge in [-0.3, -0.25) is 0 Å². The number of hydrogen-bond donors (Lipinski definition) is 0. The molecule has 0 aliphatic rings. The second-order valence-corrected chi connectivity index (χ2v) is 8.27.